The zero-order valence-electron chi connectivity index (χ0n) is 13.1. The van der Waals surface area contributed by atoms with Crippen LogP contribution in [0.5, 0.6) is 0 Å². The van der Waals surface area contributed by atoms with Gasteiger partial charge in [-0.15, -0.1) is 0 Å². The summed E-state index contributed by atoms with van der Waals surface area (Å²) in [5.41, 5.74) is 4.96. The summed E-state index contributed by atoms with van der Waals surface area (Å²) in [6.45, 7) is 0.233. The predicted molar refractivity (Wildman–Crippen MR) is 91.6 cm³/mol. The van der Waals surface area contributed by atoms with E-state index in [2.05, 4.69) is 10.3 Å². The number of pyridine rings is 1. The maximum Gasteiger partial charge on any atom is 0.337 e. The lowest BCUT2D eigenvalue weighted by molar-refractivity contribution is -0.136. The summed E-state index contributed by atoms with van der Waals surface area (Å²) in [5, 5.41) is 4.29. The summed E-state index contributed by atoms with van der Waals surface area (Å²) < 4.78 is 18.7. The number of anilines is 1. The normalized spacial score (nSPS) is 18.6. The molecular weight excluding hydrogens is 319 g/mol. The van der Waals surface area contributed by atoms with Gasteiger partial charge in [0.05, 0.1) is 16.8 Å². The number of cyclic esters (lactones) is 1. The van der Waals surface area contributed by atoms with Gasteiger partial charge in [-0.05, 0) is 41.5 Å². The highest BCUT2D eigenvalue weighted by Gasteiger charge is 2.39. The first-order valence-electron chi connectivity index (χ1n) is 8.02. The van der Waals surface area contributed by atoms with Gasteiger partial charge >= 0.3 is 5.97 Å². The summed E-state index contributed by atoms with van der Waals surface area (Å²) in [5.74, 6) is -0.946. The number of halogens is 1. The Bertz CT molecular complexity index is 1060. The fraction of sp³-hybridized carbons (Fsp3) is 0.100. The quantitative estimate of drug-likeness (QED) is 0.690. The van der Waals surface area contributed by atoms with Crippen molar-refractivity contribution in [3.8, 4) is 0 Å². The topological polar surface area (TPSA) is 51.2 Å². The Morgan fingerprint density at radius 2 is 1.96 bits per heavy atom. The van der Waals surface area contributed by atoms with Gasteiger partial charge < -0.3 is 10.1 Å². The second-order valence-corrected chi connectivity index (χ2v) is 6.17. The molecule has 0 bridgehead atoms. The van der Waals surface area contributed by atoms with Crippen molar-refractivity contribution in [3.63, 3.8) is 0 Å². The van der Waals surface area contributed by atoms with E-state index in [4.69, 9.17) is 4.74 Å². The highest BCUT2D eigenvalue weighted by Crippen LogP contribution is 2.46. The van der Waals surface area contributed by atoms with Crippen molar-refractivity contribution in [1.82, 2.24) is 4.98 Å². The molecule has 1 N–H and O–H groups in total. The van der Waals surface area contributed by atoms with Crippen molar-refractivity contribution in [2.45, 2.75) is 5.92 Å². The van der Waals surface area contributed by atoms with E-state index in [9.17, 15) is 9.18 Å². The third-order valence-electron chi connectivity index (χ3n) is 4.79. The molecule has 3 heterocycles. The smallest absolute Gasteiger partial charge is 0.337 e. The number of carbonyl (C=O) groups excluding carboxylic acids is 1. The summed E-state index contributed by atoms with van der Waals surface area (Å²) in [7, 11) is 0. The Kier molecular flexibility index (Phi) is 2.91. The number of carbonyl (C=O) groups is 1. The van der Waals surface area contributed by atoms with E-state index in [1.165, 1.54) is 12.1 Å². The van der Waals surface area contributed by atoms with Crippen LogP contribution in [0.2, 0.25) is 0 Å². The number of rotatable bonds is 1. The van der Waals surface area contributed by atoms with Crippen molar-refractivity contribution in [3.05, 3.63) is 82.9 Å². The van der Waals surface area contributed by atoms with Crippen LogP contribution in [0.3, 0.4) is 0 Å². The maximum absolute atomic E-state index is 13.4. The summed E-state index contributed by atoms with van der Waals surface area (Å²) in [6, 6.07) is 14.1. The van der Waals surface area contributed by atoms with Crippen LogP contribution in [0.25, 0.3) is 10.9 Å². The Hall–Kier alpha value is -3.21. The summed E-state index contributed by atoms with van der Waals surface area (Å²) in [4.78, 5) is 16.8. The van der Waals surface area contributed by atoms with Gasteiger partial charge in [-0.25, -0.2) is 9.18 Å². The maximum atomic E-state index is 13.4. The first kappa shape index (κ1) is 14.2. The lowest BCUT2D eigenvalue weighted by Crippen LogP contribution is -2.20. The van der Waals surface area contributed by atoms with Crippen LogP contribution in [0, 0.1) is 5.82 Å². The number of hydrogen-bond acceptors (Lipinski definition) is 4. The number of nitrogens with zero attached hydrogens (tertiary/aromatic N) is 1. The minimum Gasteiger partial charge on any atom is -0.456 e. The van der Waals surface area contributed by atoms with Gasteiger partial charge in [-0.2, -0.15) is 0 Å². The molecule has 1 aromatic heterocycles. The van der Waals surface area contributed by atoms with Gasteiger partial charge in [0.15, 0.2) is 0 Å². The summed E-state index contributed by atoms with van der Waals surface area (Å²) >= 11 is 0. The molecule has 2 aromatic carbocycles. The third kappa shape index (κ3) is 2.05. The van der Waals surface area contributed by atoms with Gasteiger partial charge in [0.25, 0.3) is 0 Å². The zero-order chi connectivity index (χ0) is 17.0. The molecule has 4 nitrogen and oxygen atoms in total. The number of nitrogens with one attached hydrogen (secondary N) is 1. The lowest BCUT2D eigenvalue weighted by atomic mass is 9.79. The molecule has 0 radical (unpaired) electrons. The number of hydrogen-bond donors (Lipinski definition) is 1. The number of aromatic nitrogens is 1. The van der Waals surface area contributed by atoms with Gasteiger partial charge in [-0.1, -0.05) is 18.2 Å². The molecule has 122 valence electrons. The molecule has 0 fully saturated rings. The second-order valence-electron chi connectivity index (χ2n) is 6.17. The molecule has 1 atom stereocenters. The minimum absolute atomic E-state index is 0.233. The van der Waals surface area contributed by atoms with Gasteiger partial charge in [-0.3, -0.25) is 4.98 Å². The SMILES string of the molecule is O=C1OCC2=C1C(c1ccc(F)cc1)c1c(ccc3ncccc13)N2. The monoisotopic (exact) mass is 332 g/mol. The molecule has 0 saturated carbocycles. The van der Waals surface area contributed by atoms with Crippen molar-refractivity contribution >= 4 is 22.6 Å². The molecule has 25 heavy (non-hydrogen) atoms. The van der Waals surface area contributed by atoms with Crippen LogP contribution in [-0.4, -0.2) is 17.6 Å². The highest BCUT2D eigenvalue weighted by atomic mass is 19.1. The molecule has 2 aliphatic rings. The van der Waals surface area contributed by atoms with E-state index >= 15 is 0 Å². The first-order chi connectivity index (χ1) is 12.2. The van der Waals surface area contributed by atoms with E-state index in [0.29, 0.717) is 5.57 Å². The predicted octanol–water partition coefficient (Wildman–Crippen LogP) is 3.74. The van der Waals surface area contributed by atoms with Crippen molar-refractivity contribution in [1.29, 1.82) is 0 Å². The van der Waals surface area contributed by atoms with Gasteiger partial charge in [0, 0.05) is 23.2 Å². The average molecular weight is 332 g/mol. The van der Waals surface area contributed by atoms with Gasteiger partial charge in [0.2, 0.25) is 0 Å². The first-order valence-corrected chi connectivity index (χ1v) is 8.02. The Morgan fingerprint density at radius 3 is 2.80 bits per heavy atom. The molecule has 5 rings (SSSR count). The van der Waals surface area contributed by atoms with E-state index in [0.717, 1.165) is 33.4 Å². The summed E-state index contributed by atoms with van der Waals surface area (Å²) in [6.07, 6.45) is 1.74. The molecule has 1 unspecified atom stereocenters. The van der Waals surface area contributed by atoms with Crippen LogP contribution in [0.1, 0.15) is 17.0 Å². The average Bonchev–Trinajstić information content (AvgIpc) is 3.01. The van der Waals surface area contributed by atoms with Crippen LogP contribution in [0.4, 0.5) is 10.1 Å². The largest absolute Gasteiger partial charge is 0.456 e. The van der Waals surface area contributed by atoms with Crippen molar-refractivity contribution < 1.29 is 13.9 Å². The number of fused-ring (bicyclic) bond motifs is 3. The van der Waals surface area contributed by atoms with Gasteiger partial charge in [0.1, 0.15) is 12.4 Å². The molecule has 2 aliphatic heterocycles. The van der Waals surface area contributed by atoms with Crippen molar-refractivity contribution in [2.24, 2.45) is 0 Å². The lowest BCUT2D eigenvalue weighted by Gasteiger charge is -2.28. The standard InChI is InChI=1S/C20H13FN2O2/c21-12-5-3-11(4-6-12)17-18-13-2-1-9-22-14(13)7-8-15(18)23-16-10-25-20(24)19(16)17/h1-9,17,23H,10H2. The van der Waals surface area contributed by atoms with Crippen molar-refractivity contribution in [2.75, 3.05) is 11.9 Å². The van der Waals surface area contributed by atoms with E-state index < -0.39 is 0 Å². The Morgan fingerprint density at radius 1 is 1.12 bits per heavy atom. The molecule has 0 amide bonds. The molecule has 0 aliphatic carbocycles. The minimum atomic E-state index is -0.330. The van der Waals surface area contributed by atoms with E-state index in [1.807, 2.05) is 24.3 Å². The fourth-order valence-corrected chi connectivity index (χ4v) is 3.70. The van der Waals surface area contributed by atoms with Crippen LogP contribution >= 0.6 is 0 Å². The number of ether oxygens (including phenoxy) is 1. The molecule has 0 saturated heterocycles. The zero-order valence-corrected chi connectivity index (χ0v) is 13.1. The third-order valence-corrected chi connectivity index (χ3v) is 4.79. The fourth-order valence-electron chi connectivity index (χ4n) is 3.70. The highest BCUT2D eigenvalue weighted by molar-refractivity contribution is 6.00. The second kappa shape index (κ2) is 5.14. The van der Waals surface area contributed by atoms with Crippen LogP contribution in [-0.2, 0) is 9.53 Å². The number of esters is 1. The molecule has 5 heteroatoms. The molecule has 3 aromatic rings. The van der Waals surface area contributed by atoms with E-state index in [-0.39, 0.29) is 24.3 Å². The van der Waals surface area contributed by atoms with E-state index in [1.54, 1.807) is 18.3 Å². The molecule has 0 spiro atoms. The Labute approximate surface area is 143 Å². The van der Waals surface area contributed by atoms with Crippen LogP contribution in [0.15, 0.2) is 66.0 Å². The Balaban J connectivity index is 1.83. The molecular formula is C20H13FN2O2. The van der Waals surface area contributed by atoms with Crippen LogP contribution < -0.4 is 5.32 Å². The number of benzene rings is 2.